The first-order chi connectivity index (χ1) is 10.0. The third-order valence-corrected chi connectivity index (χ3v) is 6.79. The summed E-state index contributed by atoms with van der Waals surface area (Å²) in [6, 6.07) is 7.81. The predicted molar refractivity (Wildman–Crippen MR) is 80.8 cm³/mol. The molecule has 0 unspecified atom stereocenters. The van der Waals surface area contributed by atoms with E-state index in [9.17, 15) is 8.42 Å². The van der Waals surface area contributed by atoms with Crippen molar-refractivity contribution < 1.29 is 13.2 Å². The fourth-order valence-electron chi connectivity index (χ4n) is 2.40. The summed E-state index contributed by atoms with van der Waals surface area (Å²) in [5, 5.41) is 9.12. The highest BCUT2D eigenvalue weighted by atomic mass is 79.9. The lowest BCUT2D eigenvalue weighted by atomic mass is 10.2. The normalized spacial score (nSPS) is 22.5. The lowest BCUT2D eigenvalue weighted by Crippen LogP contribution is -2.34. The summed E-state index contributed by atoms with van der Waals surface area (Å²) in [5.41, 5.74) is 0. The molecule has 1 aromatic rings. The smallest absolute Gasteiger partial charge is 0.252 e. The molecule has 0 N–H and O–H groups in total. The minimum atomic E-state index is -3.62. The molecule has 1 fully saturated rings. The number of methoxy groups -OCH3 is 1. The molecule has 1 aliphatic heterocycles. The van der Waals surface area contributed by atoms with Gasteiger partial charge in [-0.05, 0) is 18.6 Å². The first kappa shape index (κ1) is 16.2. The Labute approximate surface area is 133 Å². The van der Waals surface area contributed by atoms with Gasteiger partial charge in [0.25, 0.3) is 10.0 Å². The maximum Gasteiger partial charge on any atom is 0.252 e. The van der Waals surface area contributed by atoms with Gasteiger partial charge in [-0.3, -0.25) is 0 Å². The molecular weight excluding hydrogens is 358 g/mol. The van der Waals surface area contributed by atoms with Crippen LogP contribution in [0.3, 0.4) is 0 Å². The van der Waals surface area contributed by atoms with Gasteiger partial charge in [-0.2, -0.15) is 5.26 Å². The molecule has 0 radical (unpaired) electrons. The SMILES string of the molecule is COC[C@H]1C[C@@H](N(Br)S(=O)(=O)c2ccccc2)CN1C#N. The van der Waals surface area contributed by atoms with Gasteiger partial charge in [-0.1, -0.05) is 18.2 Å². The van der Waals surface area contributed by atoms with Gasteiger partial charge in [0, 0.05) is 29.8 Å². The Hall–Kier alpha value is -1.14. The first-order valence-corrected chi connectivity index (χ1v) is 8.56. The molecule has 2 rings (SSSR count). The van der Waals surface area contributed by atoms with Crippen LogP contribution in [0.1, 0.15) is 6.42 Å². The number of nitrogens with zero attached hydrogens (tertiary/aromatic N) is 3. The Balaban J connectivity index is 2.18. The number of nitriles is 1. The van der Waals surface area contributed by atoms with E-state index in [4.69, 9.17) is 10.00 Å². The standard InChI is InChI=1S/C13H16BrN3O3S/c1-20-9-12-7-11(8-16(12)10-15)17(14)21(18,19)13-5-3-2-4-6-13/h2-6,11-12H,7-9H2,1H3/t11-,12-/m1/s1. The molecule has 0 aromatic heterocycles. The zero-order valence-corrected chi connectivity index (χ0v) is 13.9. The van der Waals surface area contributed by atoms with Crippen LogP contribution in [0.15, 0.2) is 35.2 Å². The van der Waals surface area contributed by atoms with E-state index in [-0.39, 0.29) is 17.0 Å². The van der Waals surface area contributed by atoms with Crippen LogP contribution in [0.2, 0.25) is 0 Å². The van der Waals surface area contributed by atoms with E-state index in [2.05, 4.69) is 22.3 Å². The van der Waals surface area contributed by atoms with Crippen LogP contribution in [0.5, 0.6) is 0 Å². The molecule has 21 heavy (non-hydrogen) atoms. The summed E-state index contributed by atoms with van der Waals surface area (Å²) in [6.45, 7) is 0.748. The highest BCUT2D eigenvalue weighted by Crippen LogP contribution is 2.29. The average molecular weight is 374 g/mol. The lowest BCUT2D eigenvalue weighted by Gasteiger charge is -2.20. The maximum atomic E-state index is 12.5. The second kappa shape index (κ2) is 6.75. The maximum absolute atomic E-state index is 12.5. The van der Waals surface area contributed by atoms with Crippen molar-refractivity contribution in [2.75, 3.05) is 20.3 Å². The molecule has 1 saturated heterocycles. The molecular formula is C13H16BrN3O3S. The van der Waals surface area contributed by atoms with Gasteiger partial charge in [-0.25, -0.2) is 8.42 Å². The van der Waals surface area contributed by atoms with E-state index in [1.54, 1.807) is 42.3 Å². The number of rotatable bonds is 5. The monoisotopic (exact) mass is 373 g/mol. The van der Waals surface area contributed by atoms with Crippen LogP contribution in [0.25, 0.3) is 0 Å². The molecule has 6 nitrogen and oxygen atoms in total. The van der Waals surface area contributed by atoms with E-state index in [1.165, 1.54) is 3.33 Å². The second-order valence-corrected chi connectivity index (χ2v) is 7.86. The van der Waals surface area contributed by atoms with Gasteiger partial charge in [0.2, 0.25) is 0 Å². The van der Waals surface area contributed by atoms with E-state index >= 15 is 0 Å². The number of hydrogen-bond donors (Lipinski definition) is 0. The number of halogens is 1. The quantitative estimate of drug-likeness (QED) is 0.578. The summed E-state index contributed by atoms with van der Waals surface area (Å²) in [4.78, 5) is 1.78. The van der Waals surface area contributed by atoms with Crippen LogP contribution < -0.4 is 0 Å². The Morgan fingerprint density at radius 2 is 2.14 bits per heavy atom. The van der Waals surface area contributed by atoms with Crippen molar-refractivity contribution in [1.82, 2.24) is 8.23 Å². The summed E-state index contributed by atoms with van der Waals surface area (Å²) in [5.74, 6) is 0. The van der Waals surface area contributed by atoms with Gasteiger partial charge in [0.05, 0.1) is 23.6 Å². The molecule has 0 amide bonds. The van der Waals surface area contributed by atoms with Crippen molar-refractivity contribution in [2.24, 2.45) is 0 Å². The summed E-state index contributed by atoms with van der Waals surface area (Å²) in [7, 11) is -2.05. The van der Waals surface area contributed by atoms with Crippen molar-refractivity contribution >= 4 is 26.2 Å². The van der Waals surface area contributed by atoms with Gasteiger partial charge in [0.15, 0.2) is 6.19 Å². The molecule has 2 atom stereocenters. The predicted octanol–water partition coefficient (Wildman–Crippen LogP) is 1.56. The van der Waals surface area contributed by atoms with E-state index < -0.39 is 10.0 Å². The highest BCUT2D eigenvalue weighted by Gasteiger charge is 2.39. The topological polar surface area (TPSA) is 73.6 Å². The Morgan fingerprint density at radius 1 is 1.48 bits per heavy atom. The van der Waals surface area contributed by atoms with Crippen LogP contribution >= 0.6 is 16.1 Å². The average Bonchev–Trinajstić information content (AvgIpc) is 2.90. The third kappa shape index (κ3) is 3.37. The Bertz CT molecular complexity index is 617. The zero-order chi connectivity index (χ0) is 15.5. The third-order valence-electron chi connectivity index (χ3n) is 3.44. The van der Waals surface area contributed by atoms with Gasteiger partial charge >= 0.3 is 0 Å². The van der Waals surface area contributed by atoms with Gasteiger partial charge in [-0.15, -0.1) is 3.33 Å². The Kier molecular flexibility index (Phi) is 5.22. The largest absolute Gasteiger partial charge is 0.383 e. The van der Waals surface area contributed by atoms with E-state index in [1.807, 2.05) is 0 Å². The fourth-order valence-corrected chi connectivity index (χ4v) is 4.45. The molecule has 0 aliphatic carbocycles. The summed E-state index contributed by atoms with van der Waals surface area (Å²) >= 11 is 3.17. The molecule has 1 heterocycles. The summed E-state index contributed by atoms with van der Waals surface area (Å²) < 4.78 is 31.3. The molecule has 8 heteroatoms. The van der Waals surface area contributed by atoms with E-state index in [0.29, 0.717) is 19.6 Å². The van der Waals surface area contributed by atoms with Gasteiger partial charge < -0.3 is 9.64 Å². The van der Waals surface area contributed by atoms with Crippen molar-refractivity contribution in [3.05, 3.63) is 30.3 Å². The minimum absolute atomic E-state index is 0.101. The van der Waals surface area contributed by atoms with Gasteiger partial charge in [0.1, 0.15) is 0 Å². The number of benzene rings is 1. The van der Waals surface area contributed by atoms with Crippen LogP contribution in [0, 0.1) is 11.5 Å². The first-order valence-electron chi connectivity index (χ1n) is 6.41. The fraction of sp³-hybridized carbons (Fsp3) is 0.462. The number of sulfonamides is 1. The molecule has 1 aromatic carbocycles. The van der Waals surface area contributed by atoms with Crippen molar-refractivity contribution in [1.29, 1.82) is 5.26 Å². The molecule has 0 spiro atoms. The lowest BCUT2D eigenvalue weighted by molar-refractivity contribution is 0.141. The molecule has 1 aliphatic rings. The number of ether oxygens (including phenoxy) is 1. The highest BCUT2D eigenvalue weighted by molar-refractivity contribution is 9.08. The number of likely N-dealkylation sites (tertiary alicyclic amines) is 1. The molecule has 0 saturated carbocycles. The van der Waals surface area contributed by atoms with Crippen molar-refractivity contribution in [3.63, 3.8) is 0 Å². The van der Waals surface area contributed by atoms with Crippen molar-refractivity contribution in [2.45, 2.75) is 23.4 Å². The Morgan fingerprint density at radius 3 is 2.71 bits per heavy atom. The molecule has 0 bridgehead atoms. The summed E-state index contributed by atoms with van der Waals surface area (Å²) in [6.07, 6.45) is 2.63. The minimum Gasteiger partial charge on any atom is -0.383 e. The van der Waals surface area contributed by atoms with Crippen LogP contribution in [0.4, 0.5) is 0 Å². The molecule has 114 valence electrons. The van der Waals surface area contributed by atoms with Crippen LogP contribution in [-0.4, -0.2) is 49.0 Å². The van der Waals surface area contributed by atoms with E-state index in [0.717, 1.165) is 0 Å². The van der Waals surface area contributed by atoms with Crippen molar-refractivity contribution in [3.8, 4) is 6.19 Å². The second-order valence-electron chi connectivity index (χ2n) is 4.81. The van der Waals surface area contributed by atoms with Crippen LogP contribution in [-0.2, 0) is 14.8 Å². The zero-order valence-electron chi connectivity index (χ0n) is 11.5. The number of hydrogen-bond acceptors (Lipinski definition) is 5.